The van der Waals surface area contributed by atoms with Gasteiger partial charge in [-0.1, -0.05) is 19.1 Å². The predicted octanol–water partition coefficient (Wildman–Crippen LogP) is 2.82. The van der Waals surface area contributed by atoms with Gasteiger partial charge in [-0.2, -0.15) is 0 Å². The molecule has 0 N–H and O–H groups in total. The van der Waals surface area contributed by atoms with E-state index < -0.39 is 0 Å². The second-order valence-corrected chi connectivity index (χ2v) is 8.20. The summed E-state index contributed by atoms with van der Waals surface area (Å²) in [5, 5.41) is 0. The maximum absolute atomic E-state index is 13.4. The molecule has 3 fully saturated rings. The van der Waals surface area contributed by atoms with Crippen LogP contribution in [-0.2, 0) is 16.1 Å². The quantitative estimate of drug-likeness (QED) is 0.846. The summed E-state index contributed by atoms with van der Waals surface area (Å²) < 4.78 is 13.4. The first-order chi connectivity index (χ1) is 12.0. The largest absolute Gasteiger partial charge is 0.342 e. The van der Waals surface area contributed by atoms with E-state index in [1.54, 1.807) is 6.07 Å². The zero-order valence-electron chi connectivity index (χ0n) is 14.7. The normalized spacial score (nSPS) is 27.8. The molecule has 2 aliphatic heterocycles. The molecule has 5 heteroatoms. The van der Waals surface area contributed by atoms with Crippen LogP contribution in [0.15, 0.2) is 24.3 Å². The zero-order chi connectivity index (χ0) is 17.6. The Morgan fingerprint density at radius 1 is 1.32 bits per heavy atom. The number of halogens is 1. The third kappa shape index (κ3) is 3.29. The molecule has 1 aliphatic carbocycles. The van der Waals surface area contributed by atoms with E-state index in [2.05, 4.69) is 6.92 Å². The average Bonchev–Trinajstić information content (AvgIpc) is 3.23. The molecule has 0 radical (unpaired) electrons. The first-order valence-electron chi connectivity index (χ1n) is 9.27. The monoisotopic (exact) mass is 344 g/mol. The Hall–Kier alpha value is -1.91. The number of benzene rings is 1. The van der Waals surface area contributed by atoms with E-state index in [1.807, 2.05) is 15.9 Å². The molecule has 3 aliphatic rings. The second kappa shape index (κ2) is 6.11. The van der Waals surface area contributed by atoms with Crippen LogP contribution in [0.4, 0.5) is 4.39 Å². The Kier molecular flexibility index (Phi) is 4.05. The third-order valence-electron chi connectivity index (χ3n) is 6.23. The first kappa shape index (κ1) is 16.6. The fourth-order valence-electron chi connectivity index (χ4n) is 4.42. The minimum atomic E-state index is -0.264. The van der Waals surface area contributed by atoms with Crippen molar-refractivity contribution in [2.24, 2.45) is 17.3 Å². The van der Waals surface area contributed by atoms with Gasteiger partial charge in [0.05, 0.1) is 0 Å². The van der Waals surface area contributed by atoms with Crippen LogP contribution in [0.2, 0.25) is 0 Å². The van der Waals surface area contributed by atoms with Crippen molar-refractivity contribution in [1.29, 1.82) is 0 Å². The Morgan fingerprint density at radius 2 is 2.04 bits per heavy atom. The van der Waals surface area contributed by atoms with Crippen LogP contribution in [0.1, 0.15) is 38.2 Å². The van der Waals surface area contributed by atoms with E-state index in [0.717, 1.165) is 44.5 Å². The van der Waals surface area contributed by atoms with Crippen LogP contribution in [0.3, 0.4) is 0 Å². The van der Waals surface area contributed by atoms with E-state index >= 15 is 0 Å². The molecule has 2 saturated heterocycles. The van der Waals surface area contributed by atoms with E-state index in [0.29, 0.717) is 24.8 Å². The van der Waals surface area contributed by atoms with Gasteiger partial charge in [-0.25, -0.2) is 4.39 Å². The van der Waals surface area contributed by atoms with Gasteiger partial charge in [0.1, 0.15) is 5.82 Å². The fourth-order valence-corrected chi connectivity index (χ4v) is 4.42. The van der Waals surface area contributed by atoms with Gasteiger partial charge in [-0.05, 0) is 42.9 Å². The summed E-state index contributed by atoms with van der Waals surface area (Å²) in [7, 11) is 0. The minimum absolute atomic E-state index is 0.00362. The van der Waals surface area contributed by atoms with Gasteiger partial charge in [-0.3, -0.25) is 9.59 Å². The van der Waals surface area contributed by atoms with Crippen LogP contribution in [0.25, 0.3) is 0 Å². The number of piperidine rings is 1. The summed E-state index contributed by atoms with van der Waals surface area (Å²) in [5.41, 5.74) is 0.830. The Labute approximate surface area is 148 Å². The van der Waals surface area contributed by atoms with Crippen molar-refractivity contribution in [2.75, 3.05) is 19.6 Å². The lowest BCUT2D eigenvalue weighted by molar-refractivity contribution is -0.135. The van der Waals surface area contributed by atoms with Gasteiger partial charge >= 0.3 is 0 Å². The molecular formula is C20H25FN2O2. The van der Waals surface area contributed by atoms with Crippen molar-refractivity contribution in [2.45, 2.75) is 39.2 Å². The van der Waals surface area contributed by atoms with E-state index in [1.165, 1.54) is 12.1 Å². The van der Waals surface area contributed by atoms with Gasteiger partial charge in [0, 0.05) is 43.9 Å². The number of likely N-dealkylation sites (tertiary alicyclic amines) is 2. The van der Waals surface area contributed by atoms with Crippen molar-refractivity contribution >= 4 is 11.8 Å². The van der Waals surface area contributed by atoms with Crippen LogP contribution < -0.4 is 0 Å². The topological polar surface area (TPSA) is 40.6 Å². The Bertz CT molecular complexity index is 697. The lowest BCUT2D eigenvalue weighted by Crippen LogP contribution is -2.45. The number of rotatable bonds is 3. The molecule has 4 rings (SSSR count). The highest BCUT2D eigenvalue weighted by Gasteiger charge is 2.47. The Balaban J connectivity index is 1.36. The second-order valence-electron chi connectivity index (χ2n) is 8.20. The zero-order valence-corrected chi connectivity index (χ0v) is 14.7. The maximum Gasteiger partial charge on any atom is 0.225 e. The Morgan fingerprint density at radius 3 is 2.68 bits per heavy atom. The van der Waals surface area contributed by atoms with E-state index in [4.69, 9.17) is 0 Å². The first-order valence-corrected chi connectivity index (χ1v) is 9.27. The van der Waals surface area contributed by atoms with Crippen LogP contribution in [0, 0.1) is 23.1 Å². The summed E-state index contributed by atoms with van der Waals surface area (Å²) in [6.07, 6.45) is 3.38. The standard InChI is InChI=1S/C20H25FN2O2/c1-14-9-17(14)19(25)22-7-5-20(6-8-22)11-18(24)23(13-20)12-15-3-2-4-16(21)10-15/h2-4,10,14,17H,5-9,11-13H2,1H3. The molecule has 2 amide bonds. The summed E-state index contributed by atoms with van der Waals surface area (Å²) >= 11 is 0. The number of nitrogens with zero attached hydrogens (tertiary/aromatic N) is 2. The molecule has 2 atom stereocenters. The van der Waals surface area contributed by atoms with Crippen molar-refractivity contribution in [3.05, 3.63) is 35.6 Å². The molecule has 2 heterocycles. The highest BCUT2D eigenvalue weighted by atomic mass is 19.1. The smallest absolute Gasteiger partial charge is 0.225 e. The summed E-state index contributed by atoms with van der Waals surface area (Å²) in [6.45, 7) is 4.87. The summed E-state index contributed by atoms with van der Waals surface area (Å²) in [6, 6.07) is 6.46. The molecular weight excluding hydrogens is 319 g/mol. The van der Waals surface area contributed by atoms with Crippen LogP contribution >= 0.6 is 0 Å². The van der Waals surface area contributed by atoms with Gasteiger partial charge in [0.25, 0.3) is 0 Å². The molecule has 134 valence electrons. The number of carbonyl (C=O) groups excluding carboxylic acids is 2. The molecule has 4 nitrogen and oxygen atoms in total. The predicted molar refractivity (Wildman–Crippen MR) is 92.0 cm³/mol. The van der Waals surface area contributed by atoms with Crippen LogP contribution in [-0.4, -0.2) is 41.2 Å². The molecule has 2 unspecified atom stereocenters. The van der Waals surface area contributed by atoms with Crippen molar-refractivity contribution < 1.29 is 14.0 Å². The van der Waals surface area contributed by atoms with E-state index in [-0.39, 0.29) is 23.1 Å². The molecule has 1 saturated carbocycles. The SMILES string of the molecule is CC1CC1C(=O)N1CCC2(CC1)CC(=O)N(Cc1cccc(F)c1)C2. The van der Waals surface area contributed by atoms with Gasteiger partial charge in [0.2, 0.25) is 11.8 Å². The number of hydrogen-bond donors (Lipinski definition) is 0. The lowest BCUT2D eigenvalue weighted by Gasteiger charge is -2.39. The summed E-state index contributed by atoms with van der Waals surface area (Å²) in [5.74, 6) is 0.977. The van der Waals surface area contributed by atoms with Gasteiger partial charge in [0.15, 0.2) is 0 Å². The highest BCUT2D eigenvalue weighted by molar-refractivity contribution is 5.82. The molecule has 0 aromatic heterocycles. The number of hydrogen-bond acceptors (Lipinski definition) is 2. The molecule has 25 heavy (non-hydrogen) atoms. The minimum Gasteiger partial charge on any atom is -0.342 e. The highest BCUT2D eigenvalue weighted by Crippen LogP contribution is 2.44. The third-order valence-corrected chi connectivity index (χ3v) is 6.23. The molecule has 1 aromatic carbocycles. The van der Waals surface area contributed by atoms with Gasteiger partial charge in [-0.15, -0.1) is 0 Å². The van der Waals surface area contributed by atoms with Crippen LogP contribution in [0.5, 0.6) is 0 Å². The number of carbonyl (C=O) groups is 2. The van der Waals surface area contributed by atoms with Gasteiger partial charge < -0.3 is 9.80 Å². The van der Waals surface area contributed by atoms with E-state index in [9.17, 15) is 14.0 Å². The molecule has 0 bridgehead atoms. The number of amides is 2. The maximum atomic E-state index is 13.4. The fraction of sp³-hybridized carbons (Fsp3) is 0.600. The molecule has 1 aromatic rings. The van der Waals surface area contributed by atoms with Crippen molar-refractivity contribution in [3.63, 3.8) is 0 Å². The van der Waals surface area contributed by atoms with Crippen molar-refractivity contribution in [1.82, 2.24) is 9.80 Å². The average molecular weight is 344 g/mol. The molecule has 1 spiro atoms. The lowest BCUT2D eigenvalue weighted by atomic mass is 9.77. The van der Waals surface area contributed by atoms with Crippen molar-refractivity contribution in [3.8, 4) is 0 Å². The summed E-state index contributed by atoms with van der Waals surface area (Å²) in [4.78, 5) is 28.7.